The third-order valence-corrected chi connectivity index (χ3v) is 9.07. The van der Waals surface area contributed by atoms with E-state index in [2.05, 4.69) is 36.4 Å². The summed E-state index contributed by atoms with van der Waals surface area (Å²) in [4.78, 5) is 68.4. The van der Waals surface area contributed by atoms with Gasteiger partial charge in [-0.05, 0) is 109 Å². The molecule has 13 nitrogen and oxygen atoms in total. The number of pyridine rings is 1. The van der Waals surface area contributed by atoms with Crippen molar-refractivity contribution in [3.05, 3.63) is 81.9 Å². The lowest BCUT2D eigenvalue weighted by Gasteiger charge is -2.29. The molecule has 52 heavy (non-hydrogen) atoms. The van der Waals surface area contributed by atoms with Gasteiger partial charge in [0.05, 0.1) is 10.9 Å². The minimum Gasteiger partial charge on any atom is -0.444 e. The third-order valence-electron chi connectivity index (χ3n) is 9.07. The van der Waals surface area contributed by atoms with E-state index in [1.165, 1.54) is 0 Å². The number of fused-ring (bicyclic) bond motifs is 1. The second kappa shape index (κ2) is 16.3. The zero-order valence-corrected chi connectivity index (χ0v) is 30.6. The molecule has 1 atom stereocenters. The fourth-order valence-electron chi connectivity index (χ4n) is 6.40. The molecule has 0 saturated heterocycles. The molecule has 6 N–H and O–H groups in total. The lowest BCUT2D eigenvalue weighted by Crippen LogP contribution is -2.48. The Bertz CT molecular complexity index is 1970. The Kier molecular flexibility index (Phi) is 11.8. The molecule has 4 aromatic rings. The number of benzene rings is 2. The molecular formula is C39H49N7O6. The number of ether oxygens (including phenoxy) is 1. The Balaban J connectivity index is 1.26. The standard InChI is InChI=1S/C39H49N7O6/c1-22(2)41-36(49)31-18-17-29(23(3)42-31)26-11-7-24(8-12-26)19-33(37(50)43-28-15-16-30-32(20-28)45-46-35(30)48)44-34(47)27-13-9-25(10-14-27)21-40-38(51)52-39(4,5)6/h7-8,11-12,15-18,20,22,25,27,33H,9-10,13-14,19,21H2,1-6H3,(H,40,51)(H,41,49)(H,43,50)(H,44,47)(H2,45,46,48). The van der Waals surface area contributed by atoms with Gasteiger partial charge in [0, 0.05) is 41.9 Å². The number of anilines is 1. The van der Waals surface area contributed by atoms with Crippen molar-refractivity contribution in [1.82, 2.24) is 31.1 Å². The van der Waals surface area contributed by atoms with Crippen LogP contribution in [0.2, 0.25) is 0 Å². The molecule has 13 heteroatoms. The zero-order chi connectivity index (χ0) is 37.6. The van der Waals surface area contributed by atoms with Crippen LogP contribution in [0.25, 0.3) is 22.0 Å². The fraction of sp³-hybridized carbons (Fsp3) is 0.436. The van der Waals surface area contributed by atoms with E-state index in [1.807, 2.05) is 71.9 Å². The number of amides is 4. The number of hydrogen-bond donors (Lipinski definition) is 6. The average molecular weight is 712 g/mol. The first kappa shape index (κ1) is 37.8. The summed E-state index contributed by atoms with van der Waals surface area (Å²) < 4.78 is 5.34. The van der Waals surface area contributed by atoms with Gasteiger partial charge < -0.3 is 26.0 Å². The number of carbonyl (C=O) groups is 4. The van der Waals surface area contributed by atoms with Gasteiger partial charge in [0.2, 0.25) is 11.8 Å². The summed E-state index contributed by atoms with van der Waals surface area (Å²) in [5.41, 5.74) is 3.89. The summed E-state index contributed by atoms with van der Waals surface area (Å²) in [6.07, 6.45) is 2.59. The van der Waals surface area contributed by atoms with E-state index in [9.17, 15) is 24.0 Å². The van der Waals surface area contributed by atoms with Crippen LogP contribution in [0.5, 0.6) is 0 Å². The highest BCUT2D eigenvalue weighted by Gasteiger charge is 2.30. The summed E-state index contributed by atoms with van der Waals surface area (Å²) in [6.45, 7) is 11.6. The Morgan fingerprint density at radius 1 is 0.923 bits per heavy atom. The van der Waals surface area contributed by atoms with Crippen LogP contribution in [0.1, 0.15) is 82.0 Å². The summed E-state index contributed by atoms with van der Waals surface area (Å²) in [7, 11) is 0. The maximum absolute atomic E-state index is 13.8. The molecule has 1 saturated carbocycles. The van der Waals surface area contributed by atoms with E-state index in [1.54, 1.807) is 24.3 Å². The van der Waals surface area contributed by atoms with Crippen LogP contribution in [0.4, 0.5) is 10.5 Å². The van der Waals surface area contributed by atoms with E-state index >= 15 is 0 Å². The quantitative estimate of drug-likeness (QED) is 0.121. The van der Waals surface area contributed by atoms with Gasteiger partial charge in [0.15, 0.2) is 0 Å². The van der Waals surface area contributed by atoms with Crippen LogP contribution in [-0.4, -0.2) is 63.2 Å². The Hall–Kier alpha value is -5.46. The minimum absolute atomic E-state index is 0.000669. The van der Waals surface area contributed by atoms with Crippen molar-refractivity contribution in [2.24, 2.45) is 11.8 Å². The minimum atomic E-state index is -0.881. The van der Waals surface area contributed by atoms with Crippen molar-refractivity contribution >= 4 is 40.4 Å². The molecule has 1 fully saturated rings. The molecule has 1 aliphatic rings. The average Bonchev–Trinajstić information content (AvgIpc) is 3.46. The predicted molar refractivity (Wildman–Crippen MR) is 200 cm³/mol. The maximum atomic E-state index is 13.8. The van der Waals surface area contributed by atoms with E-state index in [4.69, 9.17) is 4.74 Å². The molecule has 276 valence electrons. The predicted octanol–water partition coefficient (Wildman–Crippen LogP) is 5.36. The molecule has 0 bridgehead atoms. The zero-order valence-electron chi connectivity index (χ0n) is 30.6. The smallest absolute Gasteiger partial charge is 0.407 e. The van der Waals surface area contributed by atoms with Crippen LogP contribution in [-0.2, 0) is 20.7 Å². The van der Waals surface area contributed by atoms with Gasteiger partial charge in [-0.25, -0.2) is 9.78 Å². The van der Waals surface area contributed by atoms with Crippen LogP contribution in [0, 0.1) is 18.8 Å². The maximum Gasteiger partial charge on any atom is 0.407 e. The SMILES string of the molecule is Cc1nc(C(=O)NC(C)C)ccc1-c1ccc(CC(NC(=O)C2CCC(CNC(=O)OC(C)(C)C)CC2)C(=O)Nc2ccc3c(=O)[nH][nH]c3c2)cc1. The second-order valence-corrected chi connectivity index (χ2v) is 14.8. The lowest BCUT2D eigenvalue weighted by molar-refractivity contribution is -0.130. The van der Waals surface area contributed by atoms with E-state index < -0.39 is 17.7 Å². The highest BCUT2D eigenvalue weighted by Crippen LogP contribution is 2.29. The lowest BCUT2D eigenvalue weighted by atomic mass is 9.81. The van der Waals surface area contributed by atoms with Crippen molar-refractivity contribution in [3.63, 3.8) is 0 Å². The number of nitrogens with zero attached hydrogens (tertiary/aromatic N) is 1. The first-order chi connectivity index (χ1) is 24.6. The van der Waals surface area contributed by atoms with Crippen molar-refractivity contribution in [2.45, 2.75) is 91.3 Å². The van der Waals surface area contributed by atoms with Crippen LogP contribution in [0.15, 0.2) is 59.4 Å². The number of aryl methyl sites for hydroxylation is 1. The summed E-state index contributed by atoms with van der Waals surface area (Å²) in [6, 6.07) is 15.4. The molecule has 0 radical (unpaired) electrons. The molecule has 4 amide bonds. The first-order valence-electron chi connectivity index (χ1n) is 17.8. The third kappa shape index (κ3) is 10.1. The molecule has 2 aromatic heterocycles. The van der Waals surface area contributed by atoms with Gasteiger partial charge in [0.1, 0.15) is 17.3 Å². The number of aromatic nitrogens is 3. The summed E-state index contributed by atoms with van der Waals surface area (Å²) in [5.74, 6) is -0.839. The highest BCUT2D eigenvalue weighted by atomic mass is 16.6. The van der Waals surface area contributed by atoms with Crippen molar-refractivity contribution in [1.29, 1.82) is 0 Å². The molecule has 0 spiro atoms. The number of rotatable bonds is 11. The van der Waals surface area contributed by atoms with Gasteiger partial charge in [-0.1, -0.05) is 30.3 Å². The van der Waals surface area contributed by atoms with Gasteiger partial charge >= 0.3 is 6.09 Å². The molecular weight excluding hydrogens is 662 g/mol. The van der Waals surface area contributed by atoms with Gasteiger partial charge in [0.25, 0.3) is 11.5 Å². The summed E-state index contributed by atoms with van der Waals surface area (Å²) in [5, 5.41) is 17.4. The monoisotopic (exact) mass is 711 g/mol. The van der Waals surface area contributed by atoms with Crippen LogP contribution < -0.4 is 26.8 Å². The Labute approximate surface area is 303 Å². The van der Waals surface area contributed by atoms with Crippen molar-refractivity contribution in [2.75, 3.05) is 11.9 Å². The Morgan fingerprint density at radius 3 is 2.29 bits per heavy atom. The molecule has 2 heterocycles. The number of H-pyrrole nitrogens is 2. The number of carbonyl (C=O) groups excluding carboxylic acids is 4. The number of aromatic amines is 2. The van der Waals surface area contributed by atoms with E-state index in [-0.39, 0.29) is 47.6 Å². The normalized spacial score (nSPS) is 16.6. The number of nitrogens with one attached hydrogen (secondary N) is 6. The number of hydrogen-bond acceptors (Lipinski definition) is 7. The van der Waals surface area contributed by atoms with Gasteiger partial charge in [-0.3, -0.25) is 29.4 Å². The van der Waals surface area contributed by atoms with E-state index in [0.717, 1.165) is 29.5 Å². The van der Waals surface area contributed by atoms with Crippen molar-refractivity contribution in [3.8, 4) is 11.1 Å². The second-order valence-electron chi connectivity index (χ2n) is 14.8. The first-order valence-corrected chi connectivity index (χ1v) is 17.8. The molecule has 2 aromatic carbocycles. The van der Waals surface area contributed by atoms with E-state index in [0.29, 0.717) is 47.4 Å². The largest absolute Gasteiger partial charge is 0.444 e. The highest BCUT2D eigenvalue weighted by molar-refractivity contribution is 5.99. The molecule has 1 aliphatic carbocycles. The number of alkyl carbamates (subject to hydrolysis) is 1. The molecule has 0 aliphatic heterocycles. The Morgan fingerprint density at radius 2 is 1.63 bits per heavy atom. The van der Waals surface area contributed by atoms with Crippen LogP contribution >= 0.6 is 0 Å². The van der Waals surface area contributed by atoms with Gasteiger partial charge in [-0.2, -0.15) is 0 Å². The topological polar surface area (TPSA) is 187 Å². The van der Waals surface area contributed by atoms with Crippen molar-refractivity contribution < 1.29 is 23.9 Å². The summed E-state index contributed by atoms with van der Waals surface area (Å²) >= 11 is 0. The molecule has 1 unspecified atom stereocenters. The van der Waals surface area contributed by atoms with Crippen LogP contribution in [0.3, 0.4) is 0 Å². The fourth-order valence-corrected chi connectivity index (χ4v) is 6.40. The molecule has 5 rings (SSSR count). The van der Waals surface area contributed by atoms with Gasteiger partial charge in [-0.15, -0.1) is 0 Å².